The molecule has 2 nitrogen and oxygen atoms in total. The summed E-state index contributed by atoms with van der Waals surface area (Å²) in [6, 6.07) is 10.3. The molecule has 1 aliphatic heterocycles. The van der Waals surface area contributed by atoms with Gasteiger partial charge in [0.15, 0.2) is 0 Å². The molecule has 0 radical (unpaired) electrons. The molecule has 1 heterocycles. The highest BCUT2D eigenvalue weighted by Gasteiger charge is 2.23. The van der Waals surface area contributed by atoms with Crippen LogP contribution in [0.4, 0.5) is 0 Å². The predicted octanol–water partition coefficient (Wildman–Crippen LogP) is 2.37. The van der Waals surface area contributed by atoms with Gasteiger partial charge >= 0.3 is 0 Å². The number of ether oxygens (including phenoxy) is 2. The van der Waals surface area contributed by atoms with E-state index in [0.717, 1.165) is 6.61 Å². The summed E-state index contributed by atoms with van der Waals surface area (Å²) >= 11 is 0. The third-order valence-electron chi connectivity index (χ3n) is 2.36. The maximum Gasteiger partial charge on any atom is 0.147 e. The highest BCUT2D eigenvalue weighted by atomic mass is 16.7. The van der Waals surface area contributed by atoms with Gasteiger partial charge in [-0.05, 0) is 5.56 Å². The Morgan fingerprint density at radius 2 is 2.00 bits per heavy atom. The first-order chi connectivity index (χ1) is 6.38. The molecule has 0 spiro atoms. The lowest BCUT2D eigenvalue weighted by molar-refractivity contribution is -0.168. The molecule has 0 saturated carbocycles. The Morgan fingerprint density at radius 1 is 1.23 bits per heavy atom. The zero-order valence-corrected chi connectivity index (χ0v) is 7.77. The van der Waals surface area contributed by atoms with E-state index in [1.807, 2.05) is 18.2 Å². The van der Waals surface area contributed by atoms with Crippen molar-refractivity contribution in [1.82, 2.24) is 0 Å². The first-order valence-electron chi connectivity index (χ1n) is 4.62. The summed E-state index contributed by atoms with van der Waals surface area (Å²) in [5.74, 6) is 0.441. The lowest BCUT2D eigenvalue weighted by Gasteiger charge is -2.29. The van der Waals surface area contributed by atoms with Crippen LogP contribution in [0.3, 0.4) is 0 Å². The minimum absolute atomic E-state index is 0.204. The molecule has 2 heteroatoms. The average Bonchev–Trinajstić information content (AvgIpc) is 2.20. The van der Waals surface area contributed by atoms with E-state index in [0.29, 0.717) is 12.7 Å². The van der Waals surface area contributed by atoms with E-state index in [4.69, 9.17) is 9.47 Å². The maximum atomic E-state index is 5.55. The van der Waals surface area contributed by atoms with Crippen molar-refractivity contribution in [2.45, 2.75) is 13.0 Å². The molecule has 1 saturated heterocycles. The lowest BCUT2D eigenvalue weighted by Crippen LogP contribution is -2.25. The van der Waals surface area contributed by atoms with Crippen molar-refractivity contribution in [1.29, 1.82) is 0 Å². The first kappa shape index (κ1) is 8.73. The summed E-state index contributed by atoms with van der Waals surface area (Å²) in [5, 5.41) is 0. The van der Waals surface area contributed by atoms with Gasteiger partial charge in [-0.1, -0.05) is 37.3 Å². The van der Waals surface area contributed by atoms with Crippen molar-refractivity contribution in [3.05, 3.63) is 35.9 Å². The van der Waals surface area contributed by atoms with Crippen LogP contribution < -0.4 is 0 Å². The van der Waals surface area contributed by atoms with Crippen molar-refractivity contribution in [2.75, 3.05) is 13.4 Å². The molecule has 1 aromatic carbocycles. The maximum absolute atomic E-state index is 5.55. The van der Waals surface area contributed by atoms with Crippen LogP contribution >= 0.6 is 0 Å². The molecule has 13 heavy (non-hydrogen) atoms. The van der Waals surface area contributed by atoms with Gasteiger partial charge < -0.3 is 9.47 Å². The Hall–Kier alpha value is -0.860. The number of benzene rings is 1. The Balaban J connectivity index is 2.15. The van der Waals surface area contributed by atoms with Crippen LogP contribution in [0.2, 0.25) is 0 Å². The van der Waals surface area contributed by atoms with Gasteiger partial charge in [-0.25, -0.2) is 0 Å². The molecule has 70 valence electrons. The zero-order valence-electron chi connectivity index (χ0n) is 7.77. The van der Waals surface area contributed by atoms with Crippen LogP contribution in [0, 0.1) is 5.92 Å². The van der Waals surface area contributed by atoms with Crippen LogP contribution in [0.25, 0.3) is 0 Å². The molecule has 0 aliphatic carbocycles. The van der Waals surface area contributed by atoms with Gasteiger partial charge in [0, 0.05) is 5.92 Å². The molecule has 0 amide bonds. The van der Waals surface area contributed by atoms with Crippen molar-refractivity contribution >= 4 is 0 Å². The highest BCUT2D eigenvalue weighted by Crippen LogP contribution is 2.28. The van der Waals surface area contributed by atoms with Crippen molar-refractivity contribution in [3.8, 4) is 0 Å². The normalized spacial score (nSPS) is 28.7. The van der Waals surface area contributed by atoms with Crippen LogP contribution in [0.1, 0.15) is 18.6 Å². The van der Waals surface area contributed by atoms with Gasteiger partial charge in [-0.2, -0.15) is 0 Å². The summed E-state index contributed by atoms with van der Waals surface area (Å²) < 4.78 is 10.8. The fraction of sp³-hybridized carbons (Fsp3) is 0.455. The van der Waals surface area contributed by atoms with E-state index in [2.05, 4.69) is 19.1 Å². The van der Waals surface area contributed by atoms with Gasteiger partial charge in [-0.15, -0.1) is 0 Å². The first-order valence-corrected chi connectivity index (χ1v) is 4.62. The third-order valence-corrected chi connectivity index (χ3v) is 2.36. The van der Waals surface area contributed by atoms with Gasteiger partial charge in [-0.3, -0.25) is 0 Å². The number of hydrogen-bond acceptors (Lipinski definition) is 2. The summed E-state index contributed by atoms with van der Waals surface area (Å²) in [6.07, 6.45) is 0.204. The minimum atomic E-state index is 0.204. The zero-order chi connectivity index (χ0) is 9.10. The summed E-state index contributed by atoms with van der Waals surface area (Å²) in [5.41, 5.74) is 1.25. The smallest absolute Gasteiger partial charge is 0.147 e. The minimum Gasteiger partial charge on any atom is -0.355 e. The molecule has 0 aromatic heterocycles. The molecule has 1 aromatic rings. The topological polar surface area (TPSA) is 18.5 Å². The summed E-state index contributed by atoms with van der Waals surface area (Å²) in [7, 11) is 0. The quantitative estimate of drug-likeness (QED) is 0.657. The number of hydrogen-bond donors (Lipinski definition) is 0. The molecule has 0 unspecified atom stereocenters. The van der Waals surface area contributed by atoms with Crippen molar-refractivity contribution in [2.24, 2.45) is 5.92 Å². The Labute approximate surface area is 78.5 Å². The SMILES string of the molecule is C[C@@H]1COCO[C@H]1c1ccccc1. The fourth-order valence-electron chi connectivity index (χ4n) is 1.67. The summed E-state index contributed by atoms with van der Waals surface area (Å²) in [4.78, 5) is 0. The van der Waals surface area contributed by atoms with Gasteiger partial charge in [0.05, 0.1) is 12.7 Å². The van der Waals surface area contributed by atoms with E-state index >= 15 is 0 Å². The van der Waals surface area contributed by atoms with Gasteiger partial charge in [0.2, 0.25) is 0 Å². The summed E-state index contributed by atoms with van der Waals surface area (Å²) in [6.45, 7) is 3.36. The van der Waals surface area contributed by atoms with Gasteiger partial charge in [0.25, 0.3) is 0 Å². The molecular weight excluding hydrogens is 164 g/mol. The van der Waals surface area contributed by atoms with Crippen LogP contribution in [0.15, 0.2) is 30.3 Å². The van der Waals surface area contributed by atoms with E-state index in [9.17, 15) is 0 Å². The van der Waals surface area contributed by atoms with E-state index in [1.54, 1.807) is 0 Å². The highest BCUT2D eigenvalue weighted by molar-refractivity contribution is 5.18. The second-order valence-electron chi connectivity index (χ2n) is 3.46. The second kappa shape index (κ2) is 3.90. The molecule has 1 aliphatic rings. The van der Waals surface area contributed by atoms with E-state index in [-0.39, 0.29) is 6.10 Å². The molecule has 0 N–H and O–H groups in total. The third kappa shape index (κ3) is 1.90. The Kier molecular flexibility index (Phi) is 2.62. The van der Waals surface area contributed by atoms with Crippen LogP contribution in [0.5, 0.6) is 0 Å². The molecular formula is C11H14O2. The fourth-order valence-corrected chi connectivity index (χ4v) is 1.67. The van der Waals surface area contributed by atoms with Crippen LogP contribution in [-0.2, 0) is 9.47 Å². The second-order valence-corrected chi connectivity index (χ2v) is 3.46. The van der Waals surface area contributed by atoms with E-state index < -0.39 is 0 Å². The van der Waals surface area contributed by atoms with Gasteiger partial charge in [0.1, 0.15) is 6.79 Å². The standard InChI is InChI=1S/C11H14O2/c1-9-7-12-8-13-11(9)10-5-3-2-4-6-10/h2-6,9,11H,7-8H2,1H3/t9-,11-/m1/s1. The largest absolute Gasteiger partial charge is 0.355 e. The van der Waals surface area contributed by atoms with E-state index in [1.165, 1.54) is 5.56 Å². The predicted molar refractivity (Wildman–Crippen MR) is 50.3 cm³/mol. The molecule has 2 atom stereocenters. The average molecular weight is 178 g/mol. The lowest BCUT2D eigenvalue weighted by atomic mass is 9.97. The molecule has 1 fully saturated rings. The Morgan fingerprint density at radius 3 is 2.69 bits per heavy atom. The molecule has 2 rings (SSSR count). The number of rotatable bonds is 1. The molecule has 0 bridgehead atoms. The van der Waals surface area contributed by atoms with Crippen molar-refractivity contribution in [3.63, 3.8) is 0 Å². The van der Waals surface area contributed by atoms with Crippen LogP contribution in [-0.4, -0.2) is 13.4 Å². The Bertz CT molecular complexity index is 258. The monoisotopic (exact) mass is 178 g/mol. The van der Waals surface area contributed by atoms with Crippen molar-refractivity contribution < 1.29 is 9.47 Å².